The molecule has 0 radical (unpaired) electrons. The summed E-state index contributed by atoms with van der Waals surface area (Å²) in [4.78, 5) is 29.5. The molecule has 0 aromatic carbocycles. The number of anilines is 1. The van der Waals surface area contributed by atoms with Crippen molar-refractivity contribution in [1.29, 1.82) is 0 Å². The summed E-state index contributed by atoms with van der Waals surface area (Å²) < 4.78 is 0. The van der Waals surface area contributed by atoms with Crippen LogP contribution in [0.3, 0.4) is 0 Å². The smallest absolute Gasteiger partial charge is 0.410 e. The third-order valence-electron chi connectivity index (χ3n) is 3.07. The Balaban J connectivity index is 2.10. The molecule has 0 unspecified atom stereocenters. The van der Waals surface area contributed by atoms with Gasteiger partial charge in [0.1, 0.15) is 5.82 Å². The largest absolute Gasteiger partial charge is 0.465 e. The van der Waals surface area contributed by atoms with Crippen molar-refractivity contribution in [3.8, 4) is 0 Å². The number of aromatic nitrogens is 2. The highest BCUT2D eigenvalue weighted by Gasteiger charge is 2.11. The van der Waals surface area contributed by atoms with Crippen molar-refractivity contribution in [3.63, 3.8) is 0 Å². The summed E-state index contributed by atoms with van der Waals surface area (Å²) in [5.41, 5.74) is 2.96. The van der Waals surface area contributed by atoms with E-state index >= 15 is 0 Å². The van der Waals surface area contributed by atoms with Gasteiger partial charge in [-0.1, -0.05) is 0 Å². The maximum atomic E-state index is 11.9. The highest BCUT2D eigenvalue weighted by Crippen LogP contribution is 2.16. The molecule has 2 amide bonds. The number of nitrogens with one attached hydrogen (secondary N) is 3. The van der Waals surface area contributed by atoms with Crippen molar-refractivity contribution in [2.75, 3.05) is 5.32 Å². The van der Waals surface area contributed by atoms with Gasteiger partial charge in [-0.15, -0.1) is 0 Å². The van der Waals surface area contributed by atoms with Crippen molar-refractivity contribution < 1.29 is 14.7 Å². The van der Waals surface area contributed by atoms with Gasteiger partial charge in [-0.05, 0) is 37.1 Å². The Morgan fingerprint density at radius 2 is 2.14 bits per heavy atom. The van der Waals surface area contributed by atoms with E-state index in [2.05, 4.69) is 20.6 Å². The molecule has 2 rings (SSSR count). The number of hydrogen-bond donors (Lipinski definition) is 4. The van der Waals surface area contributed by atoms with Crippen LogP contribution < -0.4 is 10.6 Å². The van der Waals surface area contributed by atoms with Gasteiger partial charge in [0, 0.05) is 24.6 Å². The molecule has 110 valence electrons. The van der Waals surface area contributed by atoms with E-state index in [0.29, 0.717) is 17.8 Å². The van der Waals surface area contributed by atoms with Crippen molar-refractivity contribution in [2.24, 2.45) is 0 Å². The van der Waals surface area contributed by atoms with E-state index < -0.39 is 6.09 Å². The lowest BCUT2D eigenvalue weighted by molar-refractivity contribution is 0.0951. The molecule has 4 N–H and O–H groups in total. The summed E-state index contributed by atoms with van der Waals surface area (Å²) in [6.07, 6.45) is 2.14. The first-order valence-electron chi connectivity index (χ1n) is 6.35. The molecule has 0 saturated heterocycles. The molecule has 7 nitrogen and oxygen atoms in total. The Labute approximate surface area is 121 Å². The summed E-state index contributed by atoms with van der Waals surface area (Å²) in [6.45, 7) is 3.96. The Morgan fingerprint density at radius 1 is 1.38 bits per heavy atom. The molecule has 0 aliphatic carbocycles. The number of nitrogens with zero attached hydrogens (tertiary/aromatic N) is 1. The topological polar surface area (TPSA) is 107 Å². The molecule has 0 aliphatic heterocycles. The van der Waals surface area contributed by atoms with Crippen LogP contribution in [0.15, 0.2) is 24.5 Å². The number of amides is 2. The minimum Gasteiger partial charge on any atom is -0.465 e. The maximum Gasteiger partial charge on any atom is 0.410 e. The molecule has 2 heterocycles. The fourth-order valence-corrected chi connectivity index (χ4v) is 2.03. The molecular weight excluding hydrogens is 272 g/mol. The summed E-state index contributed by atoms with van der Waals surface area (Å²) in [5, 5.41) is 13.7. The first-order valence-corrected chi connectivity index (χ1v) is 6.35. The molecule has 0 saturated carbocycles. The summed E-state index contributed by atoms with van der Waals surface area (Å²) in [5.74, 6) is 0.0981. The molecule has 0 bridgehead atoms. The van der Waals surface area contributed by atoms with E-state index in [1.165, 1.54) is 0 Å². The molecule has 0 spiro atoms. The van der Waals surface area contributed by atoms with Crippen molar-refractivity contribution in [1.82, 2.24) is 15.3 Å². The molecular formula is C14H16N4O3. The number of pyridine rings is 1. The number of carboxylic acid groups (broad SMARTS) is 1. The lowest BCUT2D eigenvalue weighted by Gasteiger charge is -2.12. The number of H-pyrrole nitrogens is 1. The lowest BCUT2D eigenvalue weighted by atomic mass is 10.1. The number of carbonyl (C=O) groups excluding carboxylic acids is 1. The van der Waals surface area contributed by atoms with Gasteiger partial charge in [0.25, 0.3) is 5.91 Å². The SMILES string of the molecule is Cc1cc(NC(=O)O)nc(C)c1CNC(=O)c1cc[nH]c1. The third kappa shape index (κ3) is 3.59. The van der Waals surface area contributed by atoms with Crippen LogP contribution >= 0.6 is 0 Å². The number of rotatable bonds is 4. The normalized spacial score (nSPS) is 10.2. The molecule has 0 atom stereocenters. The zero-order valence-electron chi connectivity index (χ0n) is 11.7. The minimum absolute atomic E-state index is 0.178. The zero-order chi connectivity index (χ0) is 15.4. The van der Waals surface area contributed by atoms with E-state index in [0.717, 1.165) is 11.1 Å². The predicted octanol–water partition coefficient (Wildman–Crippen LogP) is 2.05. The fraction of sp³-hybridized carbons (Fsp3) is 0.214. The Kier molecular flexibility index (Phi) is 4.22. The van der Waals surface area contributed by atoms with Gasteiger partial charge in [-0.3, -0.25) is 10.1 Å². The van der Waals surface area contributed by atoms with Gasteiger partial charge in [0.05, 0.1) is 5.56 Å². The second kappa shape index (κ2) is 6.08. The van der Waals surface area contributed by atoms with E-state index in [-0.39, 0.29) is 11.7 Å². The van der Waals surface area contributed by atoms with Crippen LogP contribution in [0.1, 0.15) is 27.2 Å². The van der Waals surface area contributed by atoms with Crippen LogP contribution in [0.2, 0.25) is 0 Å². The monoisotopic (exact) mass is 288 g/mol. The lowest BCUT2D eigenvalue weighted by Crippen LogP contribution is -2.23. The van der Waals surface area contributed by atoms with Crippen molar-refractivity contribution in [2.45, 2.75) is 20.4 Å². The van der Waals surface area contributed by atoms with Gasteiger partial charge in [0.15, 0.2) is 0 Å². The molecule has 7 heteroatoms. The van der Waals surface area contributed by atoms with Crippen LogP contribution in [-0.2, 0) is 6.54 Å². The highest BCUT2D eigenvalue weighted by molar-refractivity contribution is 5.93. The van der Waals surface area contributed by atoms with Gasteiger partial charge >= 0.3 is 6.09 Å². The molecule has 0 fully saturated rings. The number of aromatic amines is 1. The Morgan fingerprint density at radius 3 is 2.71 bits per heavy atom. The molecule has 0 aliphatic rings. The van der Waals surface area contributed by atoms with Crippen LogP contribution in [0, 0.1) is 13.8 Å². The standard InChI is InChI=1S/C14H16N4O3/c1-8-5-12(18-14(20)21)17-9(2)11(8)7-16-13(19)10-3-4-15-6-10/h3-6,15H,7H2,1-2H3,(H,16,19)(H,17,18)(H,20,21). The molecule has 2 aromatic rings. The molecule has 2 aromatic heterocycles. The van der Waals surface area contributed by atoms with Gasteiger partial charge in [-0.2, -0.15) is 0 Å². The fourth-order valence-electron chi connectivity index (χ4n) is 2.03. The summed E-state index contributed by atoms with van der Waals surface area (Å²) in [7, 11) is 0. The van der Waals surface area contributed by atoms with E-state index in [1.807, 2.05) is 6.92 Å². The van der Waals surface area contributed by atoms with Crippen LogP contribution in [0.25, 0.3) is 0 Å². The van der Waals surface area contributed by atoms with Gasteiger partial charge < -0.3 is 15.4 Å². The first-order chi connectivity index (χ1) is 9.97. The average Bonchev–Trinajstić information content (AvgIpc) is 2.90. The van der Waals surface area contributed by atoms with E-state index in [4.69, 9.17) is 5.11 Å². The van der Waals surface area contributed by atoms with Crippen molar-refractivity contribution >= 4 is 17.8 Å². The summed E-state index contributed by atoms with van der Waals surface area (Å²) >= 11 is 0. The Bertz CT molecular complexity index is 642. The maximum absolute atomic E-state index is 11.9. The quantitative estimate of drug-likeness (QED) is 0.690. The van der Waals surface area contributed by atoms with E-state index in [1.54, 1.807) is 31.5 Å². The number of aryl methyl sites for hydroxylation is 2. The Hall–Kier alpha value is -2.83. The highest BCUT2D eigenvalue weighted by atomic mass is 16.4. The minimum atomic E-state index is -1.16. The molecule has 21 heavy (non-hydrogen) atoms. The van der Waals surface area contributed by atoms with Crippen LogP contribution in [0.5, 0.6) is 0 Å². The number of carbonyl (C=O) groups is 2. The predicted molar refractivity (Wildman–Crippen MR) is 77.3 cm³/mol. The zero-order valence-corrected chi connectivity index (χ0v) is 11.7. The van der Waals surface area contributed by atoms with Crippen molar-refractivity contribution in [3.05, 3.63) is 46.9 Å². The number of hydrogen-bond acceptors (Lipinski definition) is 3. The van der Waals surface area contributed by atoms with Crippen LogP contribution in [0.4, 0.5) is 10.6 Å². The van der Waals surface area contributed by atoms with Crippen LogP contribution in [-0.4, -0.2) is 27.1 Å². The van der Waals surface area contributed by atoms with Gasteiger partial charge in [0.2, 0.25) is 0 Å². The second-order valence-corrected chi connectivity index (χ2v) is 4.60. The van der Waals surface area contributed by atoms with E-state index in [9.17, 15) is 9.59 Å². The second-order valence-electron chi connectivity index (χ2n) is 4.60. The average molecular weight is 288 g/mol. The third-order valence-corrected chi connectivity index (χ3v) is 3.07. The van der Waals surface area contributed by atoms with Gasteiger partial charge in [-0.25, -0.2) is 9.78 Å². The summed E-state index contributed by atoms with van der Waals surface area (Å²) in [6, 6.07) is 3.33. The first kappa shape index (κ1) is 14.6.